The molecule has 162 valence electrons. The maximum atomic E-state index is 5.89. The van der Waals surface area contributed by atoms with E-state index in [1.54, 1.807) is 0 Å². The van der Waals surface area contributed by atoms with Crippen LogP contribution >= 0.6 is 24.0 Å². The van der Waals surface area contributed by atoms with Crippen molar-refractivity contribution < 1.29 is 4.42 Å². The highest BCUT2D eigenvalue weighted by Crippen LogP contribution is 2.22. The Kier molecular flexibility index (Phi) is 8.47. The van der Waals surface area contributed by atoms with Crippen LogP contribution in [0.5, 0.6) is 0 Å². The molecule has 0 unspecified atom stereocenters. The Balaban J connectivity index is 0.00000300. The number of oxazole rings is 1. The number of aliphatic imine (C=N–C) groups is 1. The Morgan fingerprint density at radius 1 is 1.24 bits per heavy atom. The number of aryl methyl sites for hydroxylation is 1. The second-order valence-corrected chi connectivity index (χ2v) is 8.59. The van der Waals surface area contributed by atoms with Crippen molar-refractivity contribution in [3.63, 3.8) is 0 Å². The second-order valence-electron chi connectivity index (χ2n) is 8.59. The highest BCUT2D eigenvalue weighted by molar-refractivity contribution is 14.0. The van der Waals surface area contributed by atoms with Crippen LogP contribution in [0.15, 0.2) is 15.6 Å². The molecule has 9 heteroatoms. The minimum Gasteiger partial charge on any atom is -0.443 e. The van der Waals surface area contributed by atoms with Gasteiger partial charge in [-0.2, -0.15) is 0 Å². The van der Waals surface area contributed by atoms with Crippen LogP contribution in [0.3, 0.4) is 0 Å². The first-order valence-electron chi connectivity index (χ1n) is 10.2. The predicted molar refractivity (Wildman–Crippen MR) is 124 cm³/mol. The minimum absolute atomic E-state index is 0. The third kappa shape index (κ3) is 6.68. The van der Waals surface area contributed by atoms with Crippen molar-refractivity contribution >= 4 is 29.9 Å². The summed E-state index contributed by atoms with van der Waals surface area (Å²) in [4.78, 5) is 9.13. The van der Waals surface area contributed by atoms with Gasteiger partial charge in [0.05, 0.1) is 12.7 Å². The lowest BCUT2D eigenvalue weighted by molar-refractivity contribution is 0.377. The van der Waals surface area contributed by atoms with Gasteiger partial charge >= 0.3 is 0 Å². The molecule has 1 aliphatic carbocycles. The van der Waals surface area contributed by atoms with E-state index < -0.39 is 0 Å². The lowest BCUT2D eigenvalue weighted by Crippen LogP contribution is -2.44. The zero-order chi connectivity index (χ0) is 20.1. The Morgan fingerprint density at radius 3 is 2.55 bits per heavy atom. The molecular weight excluding hydrogens is 481 g/mol. The number of halogens is 1. The first kappa shape index (κ1) is 23.6. The van der Waals surface area contributed by atoms with Crippen molar-refractivity contribution in [3.05, 3.63) is 29.5 Å². The topological polar surface area (TPSA) is 93.2 Å². The van der Waals surface area contributed by atoms with Crippen LogP contribution in [0.4, 0.5) is 0 Å². The number of nitrogens with one attached hydrogen (secondary N) is 2. The van der Waals surface area contributed by atoms with E-state index in [9.17, 15) is 0 Å². The Hall–Kier alpha value is -1.65. The summed E-state index contributed by atoms with van der Waals surface area (Å²) in [5, 5.41) is 15.3. The molecule has 2 N–H and O–H groups in total. The third-order valence-corrected chi connectivity index (χ3v) is 5.21. The van der Waals surface area contributed by atoms with Crippen molar-refractivity contribution in [1.82, 2.24) is 30.4 Å². The van der Waals surface area contributed by atoms with Crippen molar-refractivity contribution in [3.8, 4) is 0 Å². The highest BCUT2D eigenvalue weighted by Gasteiger charge is 2.20. The highest BCUT2D eigenvalue weighted by atomic mass is 127. The largest absolute Gasteiger partial charge is 0.443 e. The van der Waals surface area contributed by atoms with E-state index in [0.29, 0.717) is 25.0 Å². The standard InChI is InChI=1S/C20H33N7O.HI/c1-14-25-26-17(27(14)5)12-22-19(24-15-9-7-6-8-10-15)23-13-18-21-11-16(28-18)20(2,3)4;/h11,15H,6-10,12-13H2,1-5H3,(H2,22,23,24);1H. The quantitative estimate of drug-likeness (QED) is 0.359. The zero-order valence-corrected chi connectivity index (χ0v) is 20.5. The summed E-state index contributed by atoms with van der Waals surface area (Å²) in [5.74, 6) is 4.04. The van der Waals surface area contributed by atoms with Crippen LogP contribution in [0.25, 0.3) is 0 Å². The summed E-state index contributed by atoms with van der Waals surface area (Å²) < 4.78 is 7.85. The maximum Gasteiger partial charge on any atom is 0.213 e. The first-order valence-corrected chi connectivity index (χ1v) is 10.2. The van der Waals surface area contributed by atoms with E-state index in [4.69, 9.17) is 9.41 Å². The second kappa shape index (κ2) is 10.4. The van der Waals surface area contributed by atoms with Crippen molar-refractivity contribution in [2.75, 3.05) is 0 Å². The number of hydrogen-bond acceptors (Lipinski definition) is 5. The molecule has 3 rings (SSSR count). The van der Waals surface area contributed by atoms with E-state index in [1.807, 2.05) is 24.7 Å². The summed E-state index contributed by atoms with van der Waals surface area (Å²) in [6, 6.07) is 0.455. The Morgan fingerprint density at radius 2 is 1.97 bits per heavy atom. The van der Waals surface area contributed by atoms with Gasteiger partial charge in [-0.15, -0.1) is 34.2 Å². The van der Waals surface area contributed by atoms with E-state index in [1.165, 1.54) is 32.1 Å². The average molecular weight is 515 g/mol. The van der Waals surface area contributed by atoms with Crippen LogP contribution in [0.2, 0.25) is 0 Å². The van der Waals surface area contributed by atoms with Gasteiger partial charge in [0.2, 0.25) is 5.89 Å². The number of aromatic nitrogens is 4. The maximum absolute atomic E-state index is 5.89. The first-order chi connectivity index (χ1) is 13.3. The summed E-state index contributed by atoms with van der Waals surface area (Å²) in [7, 11) is 1.96. The normalized spacial score (nSPS) is 15.8. The van der Waals surface area contributed by atoms with Gasteiger partial charge in [0, 0.05) is 18.5 Å². The lowest BCUT2D eigenvalue weighted by Gasteiger charge is -2.24. The van der Waals surface area contributed by atoms with E-state index in [-0.39, 0.29) is 29.4 Å². The number of guanidine groups is 1. The van der Waals surface area contributed by atoms with Gasteiger partial charge in [-0.05, 0) is 19.8 Å². The molecule has 0 atom stereocenters. The van der Waals surface area contributed by atoms with Crippen LogP contribution in [0, 0.1) is 6.92 Å². The summed E-state index contributed by atoms with van der Waals surface area (Å²) >= 11 is 0. The molecule has 2 aromatic rings. The van der Waals surface area contributed by atoms with Crippen molar-refractivity contribution in [1.29, 1.82) is 0 Å². The van der Waals surface area contributed by atoms with E-state index >= 15 is 0 Å². The van der Waals surface area contributed by atoms with Crippen LogP contribution in [-0.4, -0.2) is 31.7 Å². The van der Waals surface area contributed by atoms with Crippen molar-refractivity contribution in [2.45, 2.75) is 84.3 Å². The van der Waals surface area contributed by atoms with Gasteiger partial charge < -0.3 is 19.6 Å². The molecule has 2 heterocycles. The van der Waals surface area contributed by atoms with Gasteiger partial charge in [0.1, 0.15) is 18.1 Å². The number of hydrogen-bond donors (Lipinski definition) is 2. The van der Waals surface area contributed by atoms with E-state index in [0.717, 1.165) is 23.4 Å². The van der Waals surface area contributed by atoms with Crippen LogP contribution in [-0.2, 0) is 25.6 Å². The zero-order valence-electron chi connectivity index (χ0n) is 18.2. The van der Waals surface area contributed by atoms with Gasteiger partial charge in [0.15, 0.2) is 11.8 Å². The number of nitrogens with zero attached hydrogens (tertiary/aromatic N) is 5. The molecule has 1 aliphatic rings. The van der Waals surface area contributed by atoms with Crippen LogP contribution in [0.1, 0.15) is 76.2 Å². The molecule has 0 saturated heterocycles. The molecule has 29 heavy (non-hydrogen) atoms. The molecule has 1 saturated carbocycles. The lowest BCUT2D eigenvalue weighted by atomic mass is 9.94. The molecule has 0 aliphatic heterocycles. The summed E-state index contributed by atoms with van der Waals surface area (Å²) in [6.45, 7) is 9.25. The van der Waals surface area contributed by atoms with Gasteiger partial charge in [0.25, 0.3) is 0 Å². The molecule has 0 bridgehead atoms. The number of rotatable bonds is 5. The average Bonchev–Trinajstić information content (AvgIpc) is 3.26. The molecule has 2 aromatic heterocycles. The fourth-order valence-corrected chi connectivity index (χ4v) is 3.23. The molecule has 8 nitrogen and oxygen atoms in total. The van der Waals surface area contributed by atoms with Crippen molar-refractivity contribution in [2.24, 2.45) is 12.0 Å². The molecule has 1 fully saturated rings. The molecule has 0 spiro atoms. The predicted octanol–water partition coefficient (Wildman–Crippen LogP) is 3.60. The fraction of sp³-hybridized carbons (Fsp3) is 0.700. The van der Waals surface area contributed by atoms with E-state index in [2.05, 4.69) is 46.6 Å². The summed E-state index contributed by atoms with van der Waals surface area (Å²) in [6.07, 6.45) is 8.02. The third-order valence-electron chi connectivity index (χ3n) is 5.21. The molecule has 0 radical (unpaired) electrons. The minimum atomic E-state index is -0.0500. The van der Waals surface area contributed by atoms with Crippen LogP contribution < -0.4 is 10.6 Å². The Bertz CT molecular complexity index is 800. The molecular formula is C20H34IN7O. The van der Waals surface area contributed by atoms with Gasteiger partial charge in [-0.3, -0.25) is 0 Å². The SMILES string of the molecule is Cc1nnc(CN=C(NCc2ncc(C(C)(C)C)o2)NC2CCCCC2)n1C.I. The Labute approximate surface area is 190 Å². The molecule has 0 aromatic carbocycles. The smallest absolute Gasteiger partial charge is 0.213 e. The van der Waals surface area contributed by atoms with Gasteiger partial charge in [-0.1, -0.05) is 40.0 Å². The molecule has 0 amide bonds. The van der Waals surface area contributed by atoms with Gasteiger partial charge in [-0.25, -0.2) is 9.98 Å². The fourth-order valence-electron chi connectivity index (χ4n) is 3.23. The summed E-state index contributed by atoms with van der Waals surface area (Å²) in [5.41, 5.74) is -0.0500. The monoisotopic (exact) mass is 515 g/mol.